The number of ether oxygens (including phenoxy) is 1. The van der Waals surface area contributed by atoms with Crippen molar-refractivity contribution in [1.82, 2.24) is 13.5 Å². The van der Waals surface area contributed by atoms with Gasteiger partial charge in [0.25, 0.3) is 5.91 Å². The average Bonchev–Trinajstić information content (AvgIpc) is 2.68. The van der Waals surface area contributed by atoms with Crippen LogP contribution >= 0.6 is 0 Å². The molecular formula is C20H29N3O3S. The molecule has 27 heavy (non-hydrogen) atoms. The molecule has 1 atom stereocenters. The molecule has 0 aliphatic carbocycles. The normalized spacial score (nSPS) is 16.7. The fourth-order valence-corrected chi connectivity index (χ4v) is 3.93. The molecule has 2 rings (SSSR count). The number of amides is 1. The first-order valence-corrected chi connectivity index (χ1v) is 10.1. The van der Waals surface area contributed by atoms with Gasteiger partial charge < -0.3 is 14.2 Å². The van der Waals surface area contributed by atoms with Crippen molar-refractivity contribution in [2.75, 3.05) is 40.3 Å². The fraction of sp³-hybridized carbons (Fsp3) is 0.450. The lowest BCUT2D eigenvalue weighted by molar-refractivity contribution is 0.0790. The van der Waals surface area contributed by atoms with Gasteiger partial charge in [-0.3, -0.25) is 4.79 Å². The second kappa shape index (κ2) is 10.5. The maximum atomic E-state index is 12.5. The predicted octanol–water partition coefficient (Wildman–Crippen LogP) is 2.48. The van der Waals surface area contributed by atoms with E-state index in [2.05, 4.69) is 13.2 Å². The molecule has 1 unspecified atom stereocenters. The Morgan fingerprint density at radius 3 is 2.26 bits per heavy atom. The SMILES string of the molecule is C=CCN(CC=C)C(=O)c1ccc(OC2CCN([S+]([O-])N(C)C)CC2)cc1. The first-order valence-electron chi connectivity index (χ1n) is 9.08. The van der Waals surface area contributed by atoms with Gasteiger partial charge in [0.05, 0.1) is 0 Å². The van der Waals surface area contributed by atoms with E-state index in [1.54, 1.807) is 33.5 Å². The van der Waals surface area contributed by atoms with Crippen LogP contribution in [-0.4, -0.2) is 70.3 Å². The average molecular weight is 392 g/mol. The highest BCUT2D eigenvalue weighted by atomic mass is 32.2. The standard InChI is InChI=1S/C20H29N3O3S/c1-5-13-22(14-6-2)20(24)17-7-9-18(10-8-17)26-19-11-15-23(16-12-19)27(25)21(3)4/h5-10,19H,1-2,11-16H2,3-4H3. The minimum atomic E-state index is -1.08. The van der Waals surface area contributed by atoms with E-state index in [0.717, 1.165) is 31.7 Å². The van der Waals surface area contributed by atoms with Crippen LogP contribution in [-0.2, 0) is 11.5 Å². The highest BCUT2D eigenvalue weighted by Gasteiger charge is 2.29. The van der Waals surface area contributed by atoms with Gasteiger partial charge in [0, 0.05) is 58.7 Å². The third-order valence-corrected chi connectivity index (χ3v) is 5.76. The molecule has 0 saturated carbocycles. The molecule has 0 bridgehead atoms. The first-order chi connectivity index (χ1) is 13.0. The van der Waals surface area contributed by atoms with Crippen molar-refractivity contribution >= 4 is 17.5 Å². The highest BCUT2D eigenvalue weighted by molar-refractivity contribution is 7.86. The number of carbonyl (C=O) groups excluding carboxylic acids is 1. The van der Waals surface area contributed by atoms with Gasteiger partial charge in [-0.15, -0.1) is 21.8 Å². The second-order valence-electron chi connectivity index (χ2n) is 6.60. The molecule has 6 nitrogen and oxygen atoms in total. The monoisotopic (exact) mass is 391 g/mol. The number of piperidine rings is 1. The van der Waals surface area contributed by atoms with Crippen molar-refractivity contribution in [3.05, 3.63) is 55.1 Å². The summed E-state index contributed by atoms with van der Waals surface area (Å²) in [7, 11) is 3.62. The molecule has 1 fully saturated rings. The summed E-state index contributed by atoms with van der Waals surface area (Å²) in [6.45, 7) is 9.83. The lowest BCUT2D eigenvalue weighted by atomic mass is 10.1. The third kappa shape index (κ3) is 6.10. The molecule has 1 amide bonds. The molecule has 1 aromatic rings. The van der Waals surface area contributed by atoms with Gasteiger partial charge in [-0.05, 0) is 24.3 Å². The van der Waals surface area contributed by atoms with Crippen LogP contribution in [0.5, 0.6) is 5.75 Å². The van der Waals surface area contributed by atoms with Crippen LogP contribution in [0.4, 0.5) is 0 Å². The van der Waals surface area contributed by atoms with Gasteiger partial charge in [-0.25, -0.2) is 0 Å². The molecule has 1 aliphatic heterocycles. The Morgan fingerprint density at radius 1 is 1.22 bits per heavy atom. The van der Waals surface area contributed by atoms with Crippen molar-refractivity contribution in [3.8, 4) is 5.75 Å². The summed E-state index contributed by atoms with van der Waals surface area (Å²) in [5.74, 6) is 0.693. The molecule has 1 aromatic carbocycles. The zero-order valence-corrected chi connectivity index (χ0v) is 17.0. The molecule has 7 heteroatoms. The molecule has 0 aromatic heterocycles. The summed E-state index contributed by atoms with van der Waals surface area (Å²) < 4.78 is 21.8. The fourth-order valence-electron chi connectivity index (χ4n) is 2.94. The largest absolute Gasteiger partial charge is 0.578 e. The number of rotatable bonds is 9. The number of hydrogen-bond acceptors (Lipinski definition) is 5. The Kier molecular flexibility index (Phi) is 8.37. The minimum Gasteiger partial charge on any atom is -0.578 e. The van der Waals surface area contributed by atoms with E-state index in [9.17, 15) is 9.35 Å². The Labute approximate surface area is 165 Å². The number of hydrogen-bond donors (Lipinski definition) is 0. The Morgan fingerprint density at radius 2 is 1.78 bits per heavy atom. The summed E-state index contributed by atoms with van der Waals surface area (Å²) in [6, 6.07) is 7.23. The van der Waals surface area contributed by atoms with Crippen LogP contribution in [0, 0.1) is 0 Å². The second-order valence-corrected chi connectivity index (χ2v) is 8.31. The number of carbonyl (C=O) groups is 1. The van der Waals surface area contributed by atoms with Crippen LogP contribution in [0.1, 0.15) is 23.2 Å². The van der Waals surface area contributed by atoms with E-state index in [4.69, 9.17) is 4.74 Å². The highest BCUT2D eigenvalue weighted by Crippen LogP contribution is 2.22. The van der Waals surface area contributed by atoms with Gasteiger partial charge in [0.2, 0.25) is 0 Å². The van der Waals surface area contributed by atoms with E-state index in [1.165, 1.54) is 0 Å². The summed E-state index contributed by atoms with van der Waals surface area (Å²) >= 11 is -1.08. The smallest absolute Gasteiger partial charge is 0.254 e. The Hall–Kier alpha value is -1.80. The number of benzene rings is 1. The van der Waals surface area contributed by atoms with E-state index in [1.807, 2.05) is 30.5 Å². The van der Waals surface area contributed by atoms with Crippen LogP contribution in [0.3, 0.4) is 0 Å². The zero-order chi connectivity index (χ0) is 19.8. The van der Waals surface area contributed by atoms with E-state index in [-0.39, 0.29) is 12.0 Å². The van der Waals surface area contributed by atoms with Crippen molar-refractivity contribution in [1.29, 1.82) is 0 Å². The molecule has 1 saturated heterocycles. The topological polar surface area (TPSA) is 59.1 Å². The molecule has 1 heterocycles. The quantitative estimate of drug-likeness (QED) is 0.478. The van der Waals surface area contributed by atoms with Crippen LogP contribution < -0.4 is 4.74 Å². The van der Waals surface area contributed by atoms with Gasteiger partial charge >= 0.3 is 0 Å². The van der Waals surface area contributed by atoms with Crippen molar-refractivity contribution in [3.63, 3.8) is 0 Å². The van der Waals surface area contributed by atoms with Crippen molar-refractivity contribution in [2.24, 2.45) is 0 Å². The zero-order valence-electron chi connectivity index (χ0n) is 16.2. The molecule has 0 radical (unpaired) electrons. The summed E-state index contributed by atoms with van der Waals surface area (Å²) in [5.41, 5.74) is 0.613. The summed E-state index contributed by atoms with van der Waals surface area (Å²) in [5, 5.41) is 0. The summed E-state index contributed by atoms with van der Waals surface area (Å²) in [6.07, 6.45) is 5.16. The maximum Gasteiger partial charge on any atom is 0.254 e. The van der Waals surface area contributed by atoms with Crippen molar-refractivity contribution in [2.45, 2.75) is 18.9 Å². The van der Waals surface area contributed by atoms with E-state index >= 15 is 0 Å². The third-order valence-electron chi connectivity index (χ3n) is 4.32. The number of nitrogens with zero attached hydrogens (tertiary/aromatic N) is 3. The molecule has 1 aliphatic rings. The van der Waals surface area contributed by atoms with Gasteiger partial charge in [-0.1, -0.05) is 12.2 Å². The van der Waals surface area contributed by atoms with Gasteiger partial charge in [0.15, 0.2) is 0 Å². The lowest BCUT2D eigenvalue weighted by Gasteiger charge is -2.33. The van der Waals surface area contributed by atoms with Crippen molar-refractivity contribution < 1.29 is 14.1 Å². The van der Waals surface area contributed by atoms with Crippen LogP contribution in [0.25, 0.3) is 0 Å². The van der Waals surface area contributed by atoms with Crippen LogP contribution in [0.2, 0.25) is 0 Å². The van der Waals surface area contributed by atoms with Crippen LogP contribution in [0.15, 0.2) is 49.6 Å². The predicted molar refractivity (Wildman–Crippen MR) is 110 cm³/mol. The summed E-state index contributed by atoms with van der Waals surface area (Å²) in [4.78, 5) is 14.2. The lowest BCUT2D eigenvalue weighted by Crippen LogP contribution is -2.46. The first kappa shape index (κ1) is 21.5. The van der Waals surface area contributed by atoms with E-state index < -0.39 is 11.5 Å². The Balaban J connectivity index is 1.90. The maximum absolute atomic E-state index is 12.5. The van der Waals surface area contributed by atoms with E-state index in [0.29, 0.717) is 18.7 Å². The Bertz CT molecular complexity index is 618. The molecule has 0 N–H and O–H groups in total. The van der Waals surface area contributed by atoms with Gasteiger partial charge in [-0.2, -0.15) is 0 Å². The minimum absolute atomic E-state index is 0.0548. The molecular weight excluding hydrogens is 362 g/mol. The van der Waals surface area contributed by atoms with Gasteiger partial charge in [0.1, 0.15) is 23.4 Å². The molecule has 0 spiro atoms. The molecule has 148 valence electrons.